The molecule has 0 aromatic heterocycles. The Kier molecular flexibility index (Phi) is 2.90. The molecule has 0 saturated carbocycles. The zero-order chi connectivity index (χ0) is 8.43. The molecule has 2 heteroatoms. The molecule has 0 aromatic carbocycles. The third kappa shape index (κ3) is 1.94. The van der Waals surface area contributed by atoms with Crippen LogP contribution in [0.3, 0.4) is 0 Å². The van der Waals surface area contributed by atoms with Crippen LogP contribution in [0.2, 0.25) is 0 Å². The lowest BCUT2D eigenvalue weighted by atomic mass is 10.00. The third-order valence-electron chi connectivity index (χ3n) is 2.64. The molecule has 0 radical (unpaired) electrons. The zero-order valence-corrected chi connectivity index (χ0v) is 7.58. The Hall–Kier alpha value is -0.0800. The number of hydrogen-bond donors (Lipinski definition) is 1. The number of aliphatic hydroxyl groups is 1. The molecule has 66 valence electrons. The Labute approximate surface area is 68.6 Å². The fraction of sp³-hybridized carbons (Fsp3) is 1.00. The highest BCUT2D eigenvalue weighted by Crippen LogP contribution is 2.28. The normalized spacial score (nSPS) is 40.9. The molecule has 1 fully saturated rings. The summed E-state index contributed by atoms with van der Waals surface area (Å²) in [6, 6.07) is 0. The molecule has 0 unspecified atom stereocenters. The van der Waals surface area contributed by atoms with Gasteiger partial charge < -0.3 is 9.84 Å². The van der Waals surface area contributed by atoms with Crippen LogP contribution in [-0.2, 0) is 4.74 Å². The predicted octanol–water partition coefficient (Wildman–Crippen LogP) is 1.57. The summed E-state index contributed by atoms with van der Waals surface area (Å²) in [5.74, 6) is 0.598. The van der Waals surface area contributed by atoms with Gasteiger partial charge in [0, 0.05) is 0 Å². The molecule has 0 bridgehead atoms. The van der Waals surface area contributed by atoms with Crippen molar-refractivity contribution in [2.45, 2.75) is 51.9 Å². The standard InChI is InChI=1S/C9H18O2/c1-4-8(10)9-5-6(2)7(3)11-9/h6-10H,4-5H2,1-3H3/t6-,7+,8-,9+/m1/s1. The highest BCUT2D eigenvalue weighted by atomic mass is 16.5. The van der Waals surface area contributed by atoms with Gasteiger partial charge in [0.2, 0.25) is 0 Å². The smallest absolute Gasteiger partial charge is 0.0841 e. The maximum atomic E-state index is 9.47. The lowest BCUT2D eigenvalue weighted by molar-refractivity contribution is -0.0317. The first-order chi connectivity index (χ1) is 5.15. The van der Waals surface area contributed by atoms with Gasteiger partial charge in [-0.25, -0.2) is 0 Å². The Morgan fingerprint density at radius 2 is 2.18 bits per heavy atom. The zero-order valence-electron chi connectivity index (χ0n) is 7.58. The van der Waals surface area contributed by atoms with Crippen molar-refractivity contribution in [3.05, 3.63) is 0 Å². The fourth-order valence-electron chi connectivity index (χ4n) is 1.53. The predicted molar refractivity (Wildman–Crippen MR) is 44.4 cm³/mol. The molecule has 4 atom stereocenters. The van der Waals surface area contributed by atoms with Crippen LogP contribution in [0, 0.1) is 5.92 Å². The minimum Gasteiger partial charge on any atom is -0.390 e. The summed E-state index contributed by atoms with van der Waals surface area (Å²) in [4.78, 5) is 0. The Morgan fingerprint density at radius 1 is 1.55 bits per heavy atom. The van der Waals surface area contributed by atoms with E-state index in [0.29, 0.717) is 12.0 Å². The molecular formula is C9H18O2. The molecule has 2 nitrogen and oxygen atoms in total. The van der Waals surface area contributed by atoms with E-state index in [1.54, 1.807) is 0 Å². The molecule has 1 aliphatic rings. The number of aliphatic hydroxyl groups excluding tert-OH is 1. The molecule has 1 saturated heterocycles. The molecule has 1 aliphatic heterocycles. The second-order valence-electron chi connectivity index (χ2n) is 3.57. The topological polar surface area (TPSA) is 29.5 Å². The highest BCUT2D eigenvalue weighted by Gasteiger charge is 2.32. The van der Waals surface area contributed by atoms with Gasteiger partial charge in [-0.05, 0) is 25.7 Å². The van der Waals surface area contributed by atoms with Crippen LogP contribution < -0.4 is 0 Å². The van der Waals surface area contributed by atoms with Crippen LogP contribution in [0.5, 0.6) is 0 Å². The fourth-order valence-corrected chi connectivity index (χ4v) is 1.53. The largest absolute Gasteiger partial charge is 0.390 e. The minimum atomic E-state index is -0.262. The molecule has 11 heavy (non-hydrogen) atoms. The first-order valence-electron chi connectivity index (χ1n) is 4.48. The molecule has 1 heterocycles. The van der Waals surface area contributed by atoms with Gasteiger partial charge in [0.05, 0.1) is 18.3 Å². The average Bonchev–Trinajstić information content (AvgIpc) is 2.31. The first kappa shape index (κ1) is 9.01. The van der Waals surface area contributed by atoms with Crippen LogP contribution in [0.25, 0.3) is 0 Å². The van der Waals surface area contributed by atoms with Crippen LogP contribution in [0.15, 0.2) is 0 Å². The SMILES string of the molecule is CC[C@@H](O)[C@@H]1C[C@@H](C)[C@H](C)O1. The summed E-state index contributed by atoms with van der Waals surface area (Å²) in [7, 11) is 0. The third-order valence-corrected chi connectivity index (χ3v) is 2.64. The molecule has 0 spiro atoms. The maximum absolute atomic E-state index is 9.47. The molecule has 1 N–H and O–H groups in total. The first-order valence-corrected chi connectivity index (χ1v) is 4.48. The van der Waals surface area contributed by atoms with Crippen LogP contribution in [-0.4, -0.2) is 23.4 Å². The summed E-state index contributed by atoms with van der Waals surface area (Å²) in [6.07, 6.45) is 1.95. The van der Waals surface area contributed by atoms with Gasteiger partial charge in [0.25, 0.3) is 0 Å². The van der Waals surface area contributed by atoms with Crippen molar-refractivity contribution >= 4 is 0 Å². The Bertz CT molecular complexity index is 115. The second kappa shape index (κ2) is 3.55. The van der Waals surface area contributed by atoms with Crippen LogP contribution in [0.1, 0.15) is 33.6 Å². The number of ether oxygens (including phenoxy) is 1. The van der Waals surface area contributed by atoms with E-state index in [2.05, 4.69) is 13.8 Å². The van der Waals surface area contributed by atoms with E-state index in [0.717, 1.165) is 12.8 Å². The summed E-state index contributed by atoms with van der Waals surface area (Å²) in [5, 5.41) is 9.47. The van der Waals surface area contributed by atoms with Gasteiger partial charge >= 0.3 is 0 Å². The average molecular weight is 158 g/mol. The molecule has 0 aliphatic carbocycles. The van der Waals surface area contributed by atoms with Gasteiger partial charge in [0.1, 0.15) is 0 Å². The van der Waals surface area contributed by atoms with Crippen molar-refractivity contribution in [3.63, 3.8) is 0 Å². The molecule has 0 aromatic rings. The van der Waals surface area contributed by atoms with Gasteiger partial charge in [-0.1, -0.05) is 13.8 Å². The van der Waals surface area contributed by atoms with Crippen molar-refractivity contribution in [2.24, 2.45) is 5.92 Å². The van der Waals surface area contributed by atoms with E-state index in [4.69, 9.17) is 4.74 Å². The minimum absolute atomic E-state index is 0.0880. The van der Waals surface area contributed by atoms with Crippen molar-refractivity contribution in [1.82, 2.24) is 0 Å². The summed E-state index contributed by atoms with van der Waals surface area (Å²) >= 11 is 0. The van der Waals surface area contributed by atoms with Gasteiger partial charge in [-0.2, -0.15) is 0 Å². The second-order valence-corrected chi connectivity index (χ2v) is 3.57. The van der Waals surface area contributed by atoms with Gasteiger partial charge in [-0.15, -0.1) is 0 Å². The lowest BCUT2D eigenvalue weighted by Crippen LogP contribution is -2.24. The Balaban J connectivity index is 2.40. The number of hydrogen-bond acceptors (Lipinski definition) is 2. The van der Waals surface area contributed by atoms with Crippen LogP contribution >= 0.6 is 0 Å². The van der Waals surface area contributed by atoms with Crippen molar-refractivity contribution in [2.75, 3.05) is 0 Å². The van der Waals surface area contributed by atoms with E-state index >= 15 is 0 Å². The van der Waals surface area contributed by atoms with E-state index in [9.17, 15) is 5.11 Å². The number of rotatable bonds is 2. The van der Waals surface area contributed by atoms with Crippen molar-refractivity contribution in [3.8, 4) is 0 Å². The highest BCUT2D eigenvalue weighted by molar-refractivity contribution is 4.80. The van der Waals surface area contributed by atoms with E-state index in [-0.39, 0.29) is 12.2 Å². The van der Waals surface area contributed by atoms with Crippen molar-refractivity contribution < 1.29 is 9.84 Å². The lowest BCUT2D eigenvalue weighted by Gasteiger charge is -2.15. The summed E-state index contributed by atoms with van der Waals surface area (Å²) in [6.45, 7) is 6.24. The quantitative estimate of drug-likeness (QED) is 0.661. The monoisotopic (exact) mass is 158 g/mol. The van der Waals surface area contributed by atoms with Gasteiger partial charge in [-0.3, -0.25) is 0 Å². The van der Waals surface area contributed by atoms with Crippen LogP contribution in [0.4, 0.5) is 0 Å². The van der Waals surface area contributed by atoms with E-state index in [1.807, 2.05) is 6.92 Å². The maximum Gasteiger partial charge on any atom is 0.0841 e. The summed E-state index contributed by atoms with van der Waals surface area (Å²) < 4.78 is 5.58. The van der Waals surface area contributed by atoms with E-state index < -0.39 is 0 Å². The van der Waals surface area contributed by atoms with E-state index in [1.165, 1.54) is 0 Å². The van der Waals surface area contributed by atoms with Crippen molar-refractivity contribution in [1.29, 1.82) is 0 Å². The molecular weight excluding hydrogens is 140 g/mol. The molecule has 0 amide bonds. The molecule has 1 rings (SSSR count). The summed E-state index contributed by atoms with van der Waals surface area (Å²) in [5.41, 5.74) is 0. The van der Waals surface area contributed by atoms with Gasteiger partial charge in [0.15, 0.2) is 0 Å². The Morgan fingerprint density at radius 3 is 2.55 bits per heavy atom.